The van der Waals surface area contributed by atoms with Gasteiger partial charge >= 0.3 is 0 Å². The van der Waals surface area contributed by atoms with E-state index in [0.717, 1.165) is 47.7 Å². The van der Waals surface area contributed by atoms with Crippen molar-refractivity contribution in [3.8, 4) is 0 Å². The molecule has 0 aliphatic rings. The van der Waals surface area contributed by atoms with Crippen LogP contribution in [0.15, 0.2) is 6.07 Å². The summed E-state index contributed by atoms with van der Waals surface area (Å²) in [6, 6.07) is 2.20. The van der Waals surface area contributed by atoms with Crippen LogP contribution in [0.25, 0.3) is 10.2 Å². The fraction of sp³-hybridized carbons (Fsp3) is 0.625. The molecule has 0 spiro atoms. The summed E-state index contributed by atoms with van der Waals surface area (Å²) < 4.78 is 5.79. The van der Waals surface area contributed by atoms with Gasteiger partial charge in [-0.15, -0.1) is 11.3 Å². The third-order valence-electron chi connectivity index (χ3n) is 4.08. The highest BCUT2D eigenvalue weighted by Crippen LogP contribution is 2.35. The van der Waals surface area contributed by atoms with Gasteiger partial charge in [0.15, 0.2) is 5.82 Å². The number of ether oxygens (including phenoxy) is 1. The van der Waals surface area contributed by atoms with E-state index in [2.05, 4.69) is 39.1 Å². The second-order valence-electron chi connectivity index (χ2n) is 5.12. The van der Waals surface area contributed by atoms with Crippen molar-refractivity contribution < 1.29 is 4.74 Å². The van der Waals surface area contributed by atoms with E-state index in [9.17, 15) is 0 Å². The van der Waals surface area contributed by atoms with Crippen LogP contribution in [0.1, 0.15) is 51.2 Å². The summed E-state index contributed by atoms with van der Waals surface area (Å²) in [5.74, 6) is 1.72. The van der Waals surface area contributed by atoms with Crippen LogP contribution >= 0.6 is 11.3 Å². The minimum absolute atomic E-state index is 0.394. The first-order chi connectivity index (χ1) is 10.1. The highest BCUT2D eigenvalue weighted by molar-refractivity contribution is 7.18. The molecule has 0 aliphatic heterocycles. The van der Waals surface area contributed by atoms with Gasteiger partial charge in [0.25, 0.3) is 0 Å². The van der Waals surface area contributed by atoms with E-state index in [1.54, 1.807) is 18.4 Å². The third kappa shape index (κ3) is 2.90. The van der Waals surface area contributed by atoms with E-state index in [-0.39, 0.29) is 0 Å². The van der Waals surface area contributed by atoms with Gasteiger partial charge in [0, 0.05) is 18.5 Å². The standard InChI is InChI=1S/C16H25N3OS/c1-6-11-10-12-13(17-9-4)18-15(19-14(12)21-11)16(7-2,8-3)20-5/h10H,6-9H2,1-5H3,(H,17,18,19). The molecule has 4 nitrogen and oxygen atoms in total. The molecule has 0 unspecified atom stereocenters. The van der Waals surface area contributed by atoms with Crippen LogP contribution in [-0.4, -0.2) is 23.6 Å². The van der Waals surface area contributed by atoms with E-state index in [4.69, 9.17) is 14.7 Å². The highest BCUT2D eigenvalue weighted by Gasteiger charge is 2.32. The maximum atomic E-state index is 5.79. The summed E-state index contributed by atoms with van der Waals surface area (Å²) in [6.07, 6.45) is 2.76. The van der Waals surface area contributed by atoms with Crippen LogP contribution in [0.5, 0.6) is 0 Å². The number of methoxy groups -OCH3 is 1. The number of aromatic nitrogens is 2. The Bertz CT molecular complexity index is 597. The lowest BCUT2D eigenvalue weighted by Gasteiger charge is -2.28. The molecule has 2 rings (SSSR count). The van der Waals surface area contributed by atoms with Crippen molar-refractivity contribution >= 4 is 27.4 Å². The molecule has 21 heavy (non-hydrogen) atoms. The van der Waals surface area contributed by atoms with Crippen molar-refractivity contribution in [3.05, 3.63) is 16.8 Å². The zero-order chi connectivity index (χ0) is 15.5. The number of hydrogen-bond donors (Lipinski definition) is 1. The van der Waals surface area contributed by atoms with Crippen LogP contribution in [0.4, 0.5) is 5.82 Å². The summed E-state index contributed by atoms with van der Waals surface area (Å²) in [5.41, 5.74) is -0.394. The van der Waals surface area contributed by atoms with Crippen LogP contribution < -0.4 is 5.32 Å². The zero-order valence-electron chi connectivity index (χ0n) is 13.6. The number of nitrogens with zero attached hydrogens (tertiary/aromatic N) is 2. The van der Waals surface area contributed by atoms with Crippen molar-refractivity contribution in [3.63, 3.8) is 0 Å². The number of rotatable bonds is 7. The fourth-order valence-corrected chi connectivity index (χ4v) is 3.56. The fourth-order valence-electron chi connectivity index (χ4n) is 2.60. The number of fused-ring (bicyclic) bond motifs is 1. The molecule has 0 amide bonds. The number of thiophene rings is 1. The summed E-state index contributed by atoms with van der Waals surface area (Å²) in [4.78, 5) is 12.0. The average Bonchev–Trinajstić information content (AvgIpc) is 2.93. The Morgan fingerprint density at radius 3 is 2.43 bits per heavy atom. The lowest BCUT2D eigenvalue weighted by atomic mass is 9.96. The van der Waals surface area contributed by atoms with Gasteiger partial charge in [0.2, 0.25) is 0 Å². The third-order valence-corrected chi connectivity index (χ3v) is 5.25. The Morgan fingerprint density at radius 2 is 1.90 bits per heavy atom. The highest BCUT2D eigenvalue weighted by atomic mass is 32.1. The molecule has 0 aromatic carbocycles. The number of aryl methyl sites for hydroxylation is 1. The number of nitrogens with one attached hydrogen (secondary N) is 1. The van der Waals surface area contributed by atoms with E-state index < -0.39 is 5.60 Å². The lowest BCUT2D eigenvalue weighted by Crippen LogP contribution is -2.29. The van der Waals surface area contributed by atoms with Gasteiger partial charge in [-0.2, -0.15) is 0 Å². The molecule has 2 aromatic heterocycles. The van der Waals surface area contributed by atoms with Crippen molar-refractivity contribution in [1.82, 2.24) is 9.97 Å². The molecule has 0 radical (unpaired) electrons. The van der Waals surface area contributed by atoms with E-state index in [0.29, 0.717) is 0 Å². The Labute approximate surface area is 131 Å². The smallest absolute Gasteiger partial charge is 0.164 e. The molecule has 1 N–H and O–H groups in total. The van der Waals surface area contributed by atoms with Gasteiger partial charge in [-0.1, -0.05) is 20.8 Å². The van der Waals surface area contributed by atoms with E-state index in [1.165, 1.54) is 4.88 Å². The Balaban J connectivity index is 2.64. The van der Waals surface area contributed by atoms with Gasteiger partial charge in [-0.05, 0) is 32.3 Å². The summed E-state index contributed by atoms with van der Waals surface area (Å²) in [7, 11) is 1.75. The SMILES string of the molecule is CCNc1nc(C(CC)(CC)OC)nc2sc(CC)cc12. The van der Waals surface area contributed by atoms with Gasteiger partial charge in [-0.3, -0.25) is 0 Å². The van der Waals surface area contributed by atoms with Crippen LogP contribution in [0, 0.1) is 0 Å². The molecule has 5 heteroatoms. The first-order valence-electron chi connectivity index (χ1n) is 7.74. The predicted octanol–water partition coefficient (Wildman–Crippen LogP) is 4.35. The minimum Gasteiger partial charge on any atom is -0.370 e. The summed E-state index contributed by atoms with van der Waals surface area (Å²) >= 11 is 1.75. The molecule has 116 valence electrons. The van der Waals surface area contributed by atoms with Gasteiger partial charge in [0.1, 0.15) is 16.2 Å². The zero-order valence-corrected chi connectivity index (χ0v) is 14.4. The quantitative estimate of drug-likeness (QED) is 0.826. The van der Waals surface area contributed by atoms with Crippen molar-refractivity contribution in [2.45, 2.75) is 52.6 Å². The molecule has 0 atom stereocenters. The monoisotopic (exact) mass is 307 g/mol. The molecule has 2 heterocycles. The summed E-state index contributed by atoms with van der Waals surface area (Å²) in [6.45, 7) is 9.35. The second-order valence-corrected chi connectivity index (χ2v) is 6.23. The first-order valence-corrected chi connectivity index (χ1v) is 8.55. The van der Waals surface area contributed by atoms with Crippen LogP contribution in [0.3, 0.4) is 0 Å². The summed E-state index contributed by atoms with van der Waals surface area (Å²) in [5, 5.41) is 4.50. The molecule has 0 saturated carbocycles. The largest absolute Gasteiger partial charge is 0.370 e. The number of anilines is 1. The Kier molecular flexibility index (Phi) is 5.17. The average molecular weight is 307 g/mol. The Morgan fingerprint density at radius 1 is 1.19 bits per heavy atom. The second kappa shape index (κ2) is 6.71. The Hall–Kier alpha value is -1.20. The van der Waals surface area contributed by atoms with Crippen molar-refractivity contribution in [2.24, 2.45) is 0 Å². The molecule has 0 bridgehead atoms. The van der Waals surface area contributed by atoms with Crippen LogP contribution in [-0.2, 0) is 16.8 Å². The molecule has 0 aliphatic carbocycles. The van der Waals surface area contributed by atoms with Gasteiger partial charge in [0.05, 0.1) is 5.39 Å². The number of hydrogen-bond acceptors (Lipinski definition) is 5. The minimum atomic E-state index is -0.394. The lowest BCUT2D eigenvalue weighted by molar-refractivity contribution is -0.0287. The van der Waals surface area contributed by atoms with Crippen molar-refractivity contribution in [2.75, 3.05) is 19.0 Å². The molecule has 0 saturated heterocycles. The van der Waals surface area contributed by atoms with Crippen molar-refractivity contribution in [1.29, 1.82) is 0 Å². The maximum absolute atomic E-state index is 5.79. The van der Waals surface area contributed by atoms with Gasteiger partial charge in [-0.25, -0.2) is 9.97 Å². The van der Waals surface area contributed by atoms with E-state index in [1.807, 2.05) is 0 Å². The normalized spacial score (nSPS) is 12.0. The molecular weight excluding hydrogens is 282 g/mol. The molecule has 2 aromatic rings. The predicted molar refractivity (Wildman–Crippen MR) is 90.2 cm³/mol. The maximum Gasteiger partial charge on any atom is 0.164 e. The van der Waals surface area contributed by atoms with E-state index >= 15 is 0 Å². The first kappa shape index (κ1) is 16.2. The molecular formula is C16H25N3OS. The molecule has 0 fully saturated rings. The van der Waals surface area contributed by atoms with Gasteiger partial charge < -0.3 is 10.1 Å². The topological polar surface area (TPSA) is 47.0 Å². The van der Waals surface area contributed by atoms with Crippen LogP contribution in [0.2, 0.25) is 0 Å².